The van der Waals surface area contributed by atoms with Gasteiger partial charge in [0.2, 0.25) is 5.91 Å². The number of phenols is 2. The fraction of sp³-hybridized carbons (Fsp3) is 0.480. The second-order valence-electron chi connectivity index (χ2n) is 9.01. The number of phenolic OH excluding ortho intramolecular Hbond substituents is 2. The van der Waals surface area contributed by atoms with Gasteiger partial charge in [0.1, 0.15) is 24.2 Å². The van der Waals surface area contributed by atoms with Crippen molar-refractivity contribution in [1.29, 1.82) is 0 Å². The van der Waals surface area contributed by atoms with E-state index in [0.29, 0.717) is 24.2 Å². The number of nitrogens with zero attached hydrogens (tertiary/aromatic N) is 2. The van der Waals surface area contributed by atoms with Crippen LogP contribution in [0.1, 0.15) is 48.5 Å². The van der Waals surface area contributed by atoms with Gasteiger partial charge in [-0.25, -0.2) is 0 Å². The predicted octanol–water partition coefficient (Wildman–Crippen LogP) is 3.78. The molecule has 2 fully saturated rings. The summed E-state index contributed by atoms with van der Waals surface area (Å²) >= 11 is 6.38. The second kappa shape index (κ2) is 10.6. The van der Waals surface area contributed by atoms with Crippen molar-refractivity contribution >= 4 is 29.0 Å². The molecule has 1 aromatic carbocycles. The van der Waals surface area contributed by atoms with Gasteiger partial charge in [-0.1, -0.05) is 41.9 Å². The number of hydrogen-bond acceptors (Lipinski definition) is 7. The van der Waals surface area contributed by atoms with E-state index in [0.717, 1.165) is 25.5 Å². The number of carbonyl (C=O) groups excluding carboxylic acids is 2. The number of benzene rings is 1. The van der Waals surface area contributed by atoms with Crippen LogP contribution < -0.4 is 0 Å². The van der Waals surface area contributed by atoms with Gasteiger partial charge in [0.05, 0.1) is 28.9 Å². The third kappa shape index (κ3) is 5.80. The number of oxime groups is 1. The largest absolute Gasteiger partial charge is 0.507 e. The first kappa shape index (κ1) is 24.3. The van der Waals surface area contributed by atoms with Crippen molar-refractivity contribution in [2.24, 2.45) is 11.1 Å². The first-order valence-electron chi connectivity index (χ1n) is 11.6. The Morgan fingerprint density at radius 1 is 1.26 bits per heavy atom. The average molecular weight is 489 g/mol. The van der Waals surface area contributed by atoms with Crippen LogP contribution in [0.3, 0.4) is 0 Å². The third-order valence-electron chi connectivity index (χ3n) is 6.25. The Bertz CT molecular complexity index is 1050. The first-order valence-corrected chi connectivity index (χ1v) is 11.9. The third-order valence-corrected chi connectivity index (χ3v) is 6.68. The predicted molar refractivity (Wildman–Crippen MR) is 127 cm³/mol. The maximum absolute atomic E-state index is 13.2. The fourth-order valence-electron chi connectivity index (χ4n) is 4.44. The molecule has 0 bridgehead atoms. The molecule has 0 spiro atoms. The summed E-state index contributed by atoms with van der Waals surface area (Å²) in [5, 5.41) is 24.9. The molecule has 0 radical (unpaired) electrons. The van der Waals surface area contributed by atoms with E-state index in [9.17, 15) is 19.8 Å². The zero-order chi connectivity index (χ0) is 24.2. The number of hydrogen-bond donors (Lipinski definition) is 2. The summed E-state index contributed by atoms with van der Waals surface area (Å²) < 4.78 is 5.67. The molecule has 2 heterocycles. The molecule has 0 aromatic heterocycles. The van der Waals surface area contributed by atoms with Crippen molar-refractivity contribution < 1.29 is 29.4 Å². The highest BCUT2D eigenvalue weighted by Crippen LogP contribution is 2.38. The Balaban J connectivity index is 1.61. The molecule has 3 aliphatic rings. The highest BCUT2D eigenvalue weighted by molar-refractivity contribution is 6.33. The van der Waals surface area contributed by atoms with Crippen LogP contribution in [0, 0.1) is 5.92 Å². The van der Waals surface area contributed by atoms with Gasteiger partial charge in [-0.3, -0.25) is 9.59 Å². The average Bonchev–Trinajstić information content (AvgIpc) is 3.38. The Kier molecular flexibility index (Phi) is 7.58. The first-order chi connectivity index (χ1) is 16.3. The minimum Gasteiger partial charge on any atom is -0.507 e. The minimum atomic E-state index is -0.321. The van der Waals surface area contributed by atoms with Gasteiger partial charge < -0.3 is 24.7 Å². The molecule has 3 atom stereocenters. The Morgan fingerprint density at radius 3 is 2.85 bits per heavy atom. The van der Waals surface area contributed by atoms with Crippen LogP contribution in [0.2, 0.25) is 5.02 Å². The number of fused-ring (bicyclic) bond motifs is 2. The van der Waals surface area contributed by atoms with Crippen molar-refractivity contribution in [1.82, 2.24) is 4.90 Å². The fourth-order valence-corrected chi connectivity index (χ4v) is 4.65. The van der Waals surface area contributed by atoms with Crippen LogP contribution in [-0.4, -0.2) is 64.4 Å². The summed E-state index contributed by atoms with van der Waals surface area (Å²) in [7, 11) is 0. The van der Waals surface area contributed by atoms with Crippen LogP contribution in [0.5, 0.6) is 11.5 Å². The highest BCUT2D eigenvalue weighted by atomic mass is 35.5. The van der Waals surface area contributed by atoms with E-state index < -0.39 is 0 Å². The molecule has 1 aromatic rings. The van der Waals surface area contributed by atoms with E-state index >= 15 is 0 Å². The summed E-state index contributed by atoms with van der Waals surface area (Å²) in [5.41, 5.74) is 0.815. The molecule has 4 rings (SSSR count). The summed E-state index contributed by atoms with van der Waals surface area (Å²) in [6.45, 7) is 3.35. The molecule has 0 saturated carbocycles. The number of Topliss-reactive ketones (excluding diaryl/α,β-unsaturated/α-hetero) is 1. The number of ketones is 1. The molecule has 1 amide bonds. The molecule has 2 saturated heterocycles. The van der Waals surface area contributed by atoms with Crippen LogP contribution in [0.15, 0.2) is 35.5 Å². The van der Waals surface area contributed by atoms with Crippen molar-refractivity contribution in [2.75, 3.05) is 19.7 Å². The van der Waals surface area contributed by atoms with E-state index in [1.54, 1.807) is 17.1 Å². The number of carbonyl (C=O) groups is 2. The normalized spacial score (nSPS) is 28.2. The lowest BCUT2D eigenvalue weighted by Crippen LogP contribution is -2.28. The van der Waals surface area contributed by atoms with E-state index in [4.69, 9.17) is 21.2 Å². The Morgan fingerprint density at radius 2 is 2.09 bits per heavy atom. The lowest BCUT2D eigenvalue weighted by molar-refractivity contribution is -0.128. The number of allylic oxidation sites excluding steroid dienone is 3. The SMILES string of the molecule is C[C@H]1CC(=O)c2c(O)cc(O)c(Cl)c2CC(=N\OCCN2CCCC2=O)/C=C/C=C\[C@H]2O[C@@H]2C1. The number of amides is 1. The van der Waals surface area contributed by atoms with Gasteiger partial charge in [0.25, 0.3) is 0 Å². The maximum atomic E-state index is 13.2. The van der Waals surface area contributed by atoms with Gasteiger partial charge in [-0.15, -0.1) is 0 Å². The summed E-state index contributed by atoms with van der Waals surface area (Å²) in [4.78, 5) is 32.1. The molecule has 9 heteroatoms. The molecule has 34 heavy (non-hydrogen) atoms. The topological polar surface area (TPSA) is 112 Å². The number of rotatable bonds is 4. The zero-order valence-electron chi connectivity index (χ0n) is 19.1. The summed E-state index contributed by atoms with van der Waals surface area (Å²) in [6.07, 6.45) is 9.83. The van der Waals surface area contributed by atoms with E-state index in [-0.39, 0.29) is 71.3 Å². The van der Waals surface area contributed by atoms with Crippen LogP contribution in [0.25, 0.3) is 0 Å². The van der Waals surface area contributed by atoms with Crippen molar-refractivity contribution in [2.45, 2.75) is 51.2 Å². The zero-order valence-corrected chi connectivity index (χ0v) is 19.8. The maximum Gasteiger partial charge on any atom is 0.222 e. The van der Waals surface area contributed by atoms with Crippen LogP contribution in [-0.2, 0) is 20.8 Å². The standard InChI is InChI=1S/C25H29ClN2O6/c1-15-11-18(29)24-17(25(26)20(31)14-19(24)30)13-16(5-2-3-6-21-22(12-15)34-21)27-33-10-9-28-8-4-7-23(28)32/h2-3,5-6,14-15,21-22,30-31H,4,7-13H2,1H3/b5-2+,6-3-,27-16-/t15-,21+,22+/m0/s1. The Hall–Kier alpha value is -2.84. The van der Waals surface area contributed by atoms with E-state index in [2.05, 4.69) is 5.16 Å². The van der Waals surface area contributed by atoms with Crippen molar-refractivity contribution in [3.8, 4) is 11.5 Å². The smallest absolute Gasteiger partial charge is 0.222 e. The van der Waals surface area contributed by atoms with Gasteiger partial charge in [0, 0.05) is 31.9 Å². The van der Waals surface area contributed by atoms with Gasteiger partial charge >= 0.3 is 0 Å². The quantitative estimate of drug-likeness (QED) is 0.379. The molecular weight excluding hydrogens is 460 g/mol. The molecule has 0 unspecified atom stereocenters. The molecule has 2 N–H and O–H groups in total. The number of aromatic hydroxyl groups is 2. The molecule has 2 aliphatic heterocycles. The molecule has 182 valence electrons. The molecule has 1 aliphatic carbocycles. The van der Waals surface area contributed by atoms with Gasteiger partial charge in [-0.2, -0.15) is 0 Å². The lowest BCUT2D eigenvalue weighted by atomic mass is 9.90. The molecule has 8 nitrogen and oxygen atoms in total. The van der Waals surface area contributed by atoms with Crippen LogP contribution in [0.4, 0.5) is 0 Å². The van der Waals surface area contributed by atoms with Gasteiger partial charge in [-0.05, 0) is 30.4 Å². The Labute approximate surface area is 203 Å². The van der Waals surface area contributed by atoms with Crippen molar-refractivity contribution in [3.05, 3.63) is 46.5 Å². The number of halogens is 1. The number of epoxide rings is 1. The second-order valence-corrected chi connectivity index (χ2v) is 9.39. The highest BCUT2D eigenvalue weighted by Gasteiger charge is 2.37. The monoisotopic (exact) mass is 488 g/mol. The van der Waals surface area contributed by atoms with Crippen molar-refractivity contribution in [3.63, 3.8) is 0 Å². The summed E-state index contributed by atoms with van der Waals surface area (Å²) in [5.74, 6) is -0.744. The van der Waals surface area contributed by atoms with Crippen LogP contribution >= 0.6 is 11.6 Å². The summed E-state index contributed by atoms with van der Waals surface area (Å²) in [6, 6.07) is 1.09. The number of ether oxygens (including phenoxy) is 1. The minimum absolute atomic E-state index is 0.00852. The van der Waals surface area contributed by atoms with E-state index in [1.165, 1.54) is 0 Å². The van der Waals surface area contributed by atoms with E-state index in [1.807, 2.05) is 19.1 Å². The molecular formula is C25H29ClN2O6. The number of likely N-dealkylation sites (tertiary alicyclic amines) is 1. The van der Waals surface area contributed by atoms with Gasteiger partial charge in [0.15, 0.2) is 5.78 Å². The lowest BCUT2D eigenvalue weighted by Gasteiger charge is -2.16.